The van der Waals surface area contributed by atoms with Gasteiger partial charge in [0.25, 0.3) is 0 Å². The van der Waals surface area contributed by atoms with Crippen molar-refractivity contribution in [2.45, 2.75) is 58.9 Å². The Morgan fingerprint density at radius 3 is 2.68 bits per heavy atom. The minimum atomic E-state index is -0.727. The molecule has 2 heterocycles. The molecule has 1 saturated heterocycles. The van der Waals surface area contributed by atoms with E-state index in [2.05, 4.69) is 32.6 Å². The van der Waals surface area contributed by atoms with Crippen LogP contribution in [0, 0.1) is 11.3 Å². The summed E-state index contributed by atoms with van der Waals surface area (Å²) in [6.07, 6.45) is 3.08. The van der Waals surface area contributed by atoms with Gasteiger partial charge in [0, 0.05) is 18.5 Å². The predicted octanol–water partition coefficient (Wildman–Crippen LogP) is 4.13. The van der Waals surface area contributed by atoms with E-state index in [0.717, 1.165) is 37.9 Å². The molecule has 0 radical (unpaired) electrons. The predicted molar refractivity (Wildman–Crippen MR) is 107 cm³/mol. The van der Waals surface area contributed by atoms with E-state index in [9.17, 15) is 9.90 Å². The van der Waals surface area contributed by atoms with E-state index >= 15 is 0 Å². The van der Waals surface area contributed by atoms with Crippen molar-refractivity contribution in [2.75, 3.05) is 27.0 Å². The topological polar surface area (TPSA) is 68.2 Å². The second-order valence-electron chi connectivity index (χ2n) is 8.70. The highest BCUT2D eigenvalue weighted by atomic mass is 16.7. The smallest absolute Gasteiger partial charge is 0.308 e. The standard InChI is InChI=1S/C22H33NO5/c1-6-8-22(3,4)11-16-19(21(24)25)15(12-23(16)7-2)14-9-17(26-5)20-18(10-14)27-13-28-20/h9-10,15-16,19H,6-8,11-13H2,1-5H3,(H,24,25)/t15-,16+,19-/m1/s1. The van der Waals surface area contributed by atoms with Crippen molar-refractivity contribution < 1.29 is 24.1 Å². The van der Waals surface area contributed by atoms with Gasteiger partial charge in [0.1, 0.15) is 0 Å². The lowest BCUT2D eigenvalue weighted by Gasteiger charge is -2.34. The third-order valence-corrected chi connectivity index (χ3v) is 6.24. The summed E-state index contributed by atoms with van der Waals surface area (Å²) in [4.78, 5) is 14.7. The maximum atomic E-state index is 12.4. The number of ether oxygens (including phenoxy) is 3. The van der Waals surface area contributed by atoms with Crippen LogP contribution in [-0.4, -0.2) is 49.0 Å². The second kappa shape index (κ2) is 8.19. The molecular formula is C22H33NO5. The molecule has 1 fully saturated rings. The van der Waals surface area contributed by atoms with Gasteiger partial charge in [-0.2, -0.15) is 0 Å². The van der Waals surface area contributed by atoms with Crippen LogP contribution in [0.25, 0.3) is 0 Å². The molecule has 28 heavy (non-hydrogen) atoms. The first-order valence-corrected chi connectivity index (χ1v) is 10.3. The molecular weight excluding hydrogens is 358 g/mol. The third-order valence-electron chi connectivity index (χ3n) is 6.24. The molecule has 2 aliphatic rings. The van der Waals surface area contributed by atoms with Gasteiger partial charge in [-0.3, -0.25) is 9.69 Å². The molecule has 1 N–H and O–H groups in total. The number of fused-ring (bicyclic) bond motifs is 1. The number of carbonyl (C=O) groups is 1. The number of nitrogens with zero attached hydrogens (tertiary/aromatic N) is 1. The zero-order valence-electron chi connectivity index (χ0n) is 17.7. The number of hydrogen-bond acceptors (Lipinski definition) is 5. The highest BCUT2D eigenvalue weighted by Crippen LogP contribution is 2.48. The average Bonchev–Trinajstić information content (AvgIpc) is 3.24. The molecule has 3 atom stereocenters. The molecule has 6 heteroatoms. The molecule has 0 spiro atoms. The van der Waals surface area contributed by atoms with Gasteiger partial charge < -0.3 is 19.3 Å². The van der Waals surface area contributed by atoms with E-state index in [4.69, 9.17) is 14.2 Å². The number of likely N-dealkylation sites (tertiary alicyclic amines) is 1. The fourth-order valence-electron chi connectivity index (χ4n) is 4.97. The molecule has 0 saturated carbocycles. The van der Waals surface area contributed by atoms with Gasteiger partial charge in [0.2, 0.25) is 12.5 Å². The van der Waals surface area contributed by atoms with Gasteiger partial charge in [-0.15, -0.1) is 0 Å². The van der Waals surface area contributed by atoms with Crippen LogP contribution in [0.5, 0.6) is 17.2 Å². The molecule has 0 bridgehead atoms. The van der Waals surface area contributed by atoms with Crippen molar-refractivity contribution in [3.63, 3.8) is 0 Å². The summed E-state index contributed by atoms with van der Waals surface area (Å²) in [6.45, 7) is 10.5. The van der Waals surface area contributed by atoms with Crippen molar-refractivity contribution in [1.29, 1.82) is 0 Å². The van der Waals surface area contributed by atoms with Gasteiger partial charge in [-0.25, -0.2) is 0 Å². The SMILES string of the molecule is CCCC(C)(C)C[C@H]1[C@H](C(=O)O)[C@@H](c2cc(OC)c3c(c2)OCO3)CN1CC. The summed E-state index contributed by atoms with van der Waals surface area (Å²) in [7, 11) is 1.60. The first-order valence-electron chi connectivity index (χ1n) is 10.3. The lowest BCUT2D eigenvalue weighted by molar-refractivity contribution is -0.143. The zero-order chi connectivity index (χ0) is 20.5. The van der Waals surface area contributed by atoms with Gasteiger partial charge in [-0.05, 0) is 42.5 Å². The molecule has 0 aliphatic carbocycles. The molecule has 1 aromatic carbocycles. The highest BCUT2D eigenvalue weighted by Gasteiger charge is 2.48. The van der Waals surface area contributed by atoms with Gasteiger partial charge in [-0.1, -0.05) is 34.1 Å². The lowest BCUT2D eigenvalue weighted by atomic mass is 9.76. The maximum absolute atomic E-state index is 12.4. The Labute approximate surface area is 167 Å². The number of hydrogen-bond donors (Lipinski definition) is 1. The monoisotopic (exact) mass is 391 g/mol. The van der Waals surface area contributed by atoms with E-state index in [-0.39, 0.29) is 24.2 Å². The van der Waals surface area contributed by atoms with Crippen LogP contribution in [-0.2, 0) is 4.79 Å². The summed E-state index contributed by atoms with van der Waals surface area (Å²) in [5, 5.41) is 10.2. The Hall–Kier alpha value is -1.95. The molecule has 2 aliphatic heterocycles. The van der Waals surface area contributed by atoms with Gasteiger partial charge in [0.05, 0.1) is 13.0 Å². The van der Waals surface area contributed by atoms with Gasteiger partial charge >= 0.3 is 5.97 Å². The number of methoxy groups -OCH3 is 1. The van der Waals surface area contributed by atoms with E-state index < -0.39 is 11.9 Å². The first kappa shape index (κ1) is 20.8. The fourth-order valence-corrected chi connectivity index (χ4v) is 4.97. The quantitative estimate of drug-likeness (QED) is 0.719. The molecule has 156 valence electrons. The summed E-state index contributed by atoms with van der Waals surface area (Å²) >= 11 is 0. The molecule has 3 rings (SSSR count). The lowest BCUT2D eigenvalue weighted by Crippen LogP contribution is -2.39. The zero-order valence-corrected chi connectivity index (χ0v) is 17.7. The molecule has 6 nitrogen and oxygen atoms in total. The summed E-state index contributed by atoms with van der Waals surface area (Å²) in [5.41, 5.74) is 1.06. The number of carboxylic acid groups (broad SMARTS) is 1. The summed E-state index contributed by atoms with van der Waals surface area (Å²) < 4.78 is 16.5. The second-order valence-corrected chi connectivity index (χ2v) is 8.70. The van der Waals surface area contributed by atoms with Crippen molar-refractivity contribution in [3.8, 4) is 17.2 Å². The number of likely N-dealkylation sites (N-methyl/N-ethyl adjacent to an activating group) is 1. The maximum Gasteiger partial charge on any atom is 0.308 e. The Kier molecular flexibility index (Phi) is 6.08. The van der Waals surface area contributed by atoms with E-state index in [1.807, 2.05) is 12.1 Å². The molecule has 0 amide bonds. The van der Waals surface area contributed by atoms with Crippen LogP contribution >= 0.6 is 0 Å². The van der Waals surface area contributed by atoms with Crippen LogP contribution in [0.1, 0.15) is 58.4 Å². The molecule has 0 aromatic heterocycles. The Balaban J connectivity index is 1.96. The largest absolute Gasteiger partial charge is 0.493 e. The number of carboxylic acids is 1. The van der Waals surface area contributed by atoms with E-state index in [1.54, 1.807) is 7.11 Å². The first-order chi connectivity index (χ1) is 13.3. The minimum absolute atomic E-state index is 0.0190. The Morgan fingerprint density at radius 1 is 1.32 bits per heavy atom. The summed E-state index contributed by atoms with van der Waals surface area (Å²) in [5.74, 6) is 0.548. The van der Waals surface area contributed by atoms with E-state index in [1.165, 1.54) is 0 Å². The molecule has 1 aromatic rings. The van der Waals surface area contributed by atoms with Crippen molar-refractivity contribution in [1.82, 2.24) is 4.90 Å². The van der Waals surface area contributed by atoms with E-state index in [0.29, 0.717) is 17.2 Å². The van der Waals surface area contributed by atoms with Crippen molar-refractivity contribution >= 4 is 5.97 Å². The van der Waals surface area contributed by atoms with Crippen LogP contribution in [0.3, 0.4) is 0 Å². The highest BCUT2D eigenvalue weighted by molar-refractivity contribution is 5.73. The fraction of sp³-hybridized carbons (Fsp3) is 0.682. The third kappa shape index (κ3) is 3.93. The number of rotatable bonds is 8. The minimum Gasteiger partial charge on any atom is -0.493 e. The molecule has 0 unspecified atom stereocenters. The Morgan fingerprint density at radius 2 is 2.07 bits per heavy atom. The Bertz CT molecular complexity index is 717. The van der Waals surface area contributed by atoms with Crippen LogP contribution in [0.15, 0.2) is 12.1 Å². The average molecular weight is 392 g/mol. The van der Waals surface area contributed by atoms with Crippen LogP contribution < -0.4 is 14.2 Å². The van der Waals surface area contributed by atoms with Crippen LogP contribution in [0.4, 0.5) is 0 Å². The van der Waals surface area contributed by atoms with Crippen molar-refractivity contribution in [2.24, 2.45) is 11.3 Å². The number of aliphatic carboxylic acids is 1. The van der Waals surface area contributed by atoms with Gasteiger partial charge in [0.15, 0.2) is 11.5 Å². The number of benzene rings is 1. The van der Waals surface area contributed by atoms with Crippen molar-refractivity contribution in [3.05, 3.63) is 17.7 Å². The normalized spacial score (nSPS) is 24.5. The van der Waals surface area contributed by atoms with Crippen LogP contribution in [0.2, 0.25) is 0 Å². The summed E-state index contributed by atoms with van der Waals surface area (Å²) in [6, 6.07) is 3.87.